The predicted molar refractivity (Wildman–Crippen MR) is 96.3 cm³/mol. The number of hydrogen-bond acceptors (Lipinski definition) is 6. The molecule has 3 aromatic rings. The van der Waals surface area contributed by atoms with Gasteiger partial charge in [-0.1, -0.05) is 12.1 Å². The van der Waals surface area contributed by atoms with Gasteiger partial charge in [0.25, 0.3) is 18.1 Å². The summed E-state index contributed by atoms with van der Waals surface area (Å²) < 4.78 is 50.4. The molecule has 0 spiro atoms. The van der Waals surface area contributed by atoms with Crippen molar-refractivity contribution in [1.29, 1.82) is 0 Å². The van der Waals surface area contributed by atoms with Gasteiger partial charge in [0, 0.05) is 32.5 Å². The van der Waals surface area contributed by atoms with Gasteiger partial charge in [-0.3, -0.25) is 4.98 Å². The Kier molecular flexibility index (Phi) is 4.74. The van der Waals surface area contributed by atoms with Crippen LogP contribution in [0.3, 0.4) is 0 Å². The molecule has 26 heavy (non-hydrogen) atoms. The van der Waals surface area contributed by atoms with Crippen molar-refractivity contribution >= 4 is 39.5 Å². The first-order valence-electron chi connectivity index (χ1n) is 6.89. The van der Waals surface area contributed by atoms with Crippen LogP contribution in [0, 0.1) is 0 Å². The summed E-state index contributed by atoms with van der Waals surface area (Å²) >= 11 is 0. The minimum atomic E-state index is -3.87. The molecule has 0 bridgehead atoms. The number of aromatic nitrogens is 1. The third-order valence-corrected chi connectivity index (χ3v) is 6.21. The Morgan fingerprint density at radius 1 is 0.731 bits per heavy atom. The fourth-order valence-electron chi connectivity index (χ4n) is 2.29. The van der Waals surface area contributed by atoms with Gasteiger partial charge in [0.05, 0.1) is 15.5 Å². The van der Waals surface area contributed by atoms with Gasteiger partial charge in [0.1, 0.15) is 0 Å². The smallest absolute Gasteiger partial charge is 0.407 e. The third-order valence-electron chi connectivity index (χ3n) is 3.47. The van der Waals surface area contributed by atoms with Gasteiger partial charge in [0.2, 0.25) is 0 Å². The number of oxazole rings is 1. The lowest BCUT2D eigenvalue weighted by atomic mass is 10.1. The molecular weight excluding hydrogens is 425 g/mol. The minimum absolute atomic E-state index is 0.0908. The standard InChI is InChI=1S/C15H9Cl2NO6S2/c16-25(20,21)11-5-1-9(2-6-11)13-14(24-15(19)18-13)10-3-7-12(8-4-10)26(17,22)23/h1-8H,(H,18,19). The zero-order valence-corrected chi connectivity index (χ0v) is 15.8. The number of halogens is 2. The first-order chi connectivity index (χ1) is 12.1. The van der Waals surface area contributed by atoms with Gasteiger partial charge in [-0.25, -0.2) is 21.6 Å². The third kappa shape index (κ3) is 3.85. The van der Waals surface area contributed by atoms with Crippen molar-refractivity contribution in [2.24, 2.45) is 0 Å². The molecule has 0 aliphatic heterocycles. The summed E-state index contributed by atoms with van der Waals surface area (Å²) in [5, 5.41) is 0. The zero-order valence-electron chi connectivity index (χ0n) is 12.6. The van der Waals surface area contributed by atoms with E-state index in [1.807, 2.05) is 0 Å². The molecule has 0 atom stereocenters. The number of nitrogens with one attached hydrogen (secondary N) is 1. The van der Waals surface area contributed by atoms with E-state index in [0.717, 1.165) is 0 Å². The molecule has 0 saturated carbocycles. The summed E-state index contributed by atoms with van der Waals surface area (Å²) in [6.45, 7) is 0. The van der Waals surface area contributed by atoms with Crippen LogP contribution in [0.2, 0.25) is 0 Å². The van der Waals surface area contributed by atoms with E-state index in [1.54, 1.807) is 0 Å². The Balaban J connectivity index is 2.08. The van der Waals surface area contributed by atoms with E-state index in [0.29, 0.717) is 16.8 Å². The highest BCUT2D eigenvalue weighted by Gasteiger charge is 2.17. The summed E-state index contributed by atoms with van der Waals surface area (Å²) in [7, 11) is 2.80. The molecule has 0 fully saturated rings. The van der Waals surface area contributed by atoms with Gasteiger partial charge < -0.3 is 4.42 Å². The highest BCUT2D eigenvalue weighted by molar-refractivity contribution is 8.14. The lowest BCUT2D eigenvalue weighted by Gasteiger charge is -2.04. The van der Waals surface area contributed by atoms with Gasteiger partial charge in [0.15, 0.2) is 5.76 Å². The number of hydrogen-bond donors (Lipinski definition) is 1. The fourth-order valence-corrected chi connectivity index (χ4v) is 3.83. The van der Waals surface area contributed by atoms with E-state index in [-0.39, 0.29) is 15.6 Å². The second-order valence-corrected chi connectivity index (χ2v) is 10.3. The second-order valence-electron chi connectivity index (χ2n) is 5.14. The van der Waals surface area contributed by atoms with E-state index in [2.05, 4.69) is 4.98 Å². The Bertz CT molecular complexity index is 1130. The SMILES string of the molecule is O=c1[nH]c(-c2ccc(S(=O)(=O)Cl)cc2)c(-c2ccc(S(=O)(=O)Cl)cc2)o1. The fraction of sp³-hybridized carbons (Fsp3) is 0. The highest BCUT2D eigenvalue weighted by atomic mass is 35.7. The van der Waals surface area contributed by atoms with Crippen LogP contribution in [0.5, 0.6) is 0 Å². The van der Waals surface area contributed by atoms with Crippen LogP contribution in [-0.4, -0.2) is 21.8 Å². The van der Waals surface area contributed by atoms with E-state index in [4.69, 9.17) is 25.8 Å². The lowest BCUT2D eigenvalue weighted by molar-refractivity contribution is 0.528. The summed E-state index contributed by atoms with van der Waals surface area (Å²) in [4.78, 5) is 14.0. The summed E-state index contributed by atoms with van der Waals surface area (Å²) in [6, 6.07) is 10.9. The molecule has 136 valence electrons. The molecule has 0 aliphatic rings. The Hall–Kier alpha value is -2.07. The molecule has 0 radical (unpaired) electrons. The largest absolute Gasteiger partial charge is 0.417 e. The molecule has 0 unspecified atom stereocenters. The van der Waals surface area contributed by atoms with Crippen LogP contribution in [0.1, 0.15) is 0 Å². The zero-order chi connectivity index (χ0) is 19.1. The Morgan fingerprint density at radius 3 is 1.58 bits per heavy atom. The highest BCUT2D eigenvalue weighted by Crippen LogP contribution is 2.31. The number of aromatic amines is 1. The van der Waals surface area contributed by atoms with Crippen molar-refractivity contribution in [3.05, 3.63) is 59.1 Å². The van der Waals surface area contributed by atoms with Gasteiger partial charge in [-0.05, 0) is 36.4 Å². The number of rotatable bonds is 4. The lowest BCUT2D eigenvalue weighted by Crippen LogP contribution is -1.95. The molecule has 2 aromatic carbocycles. The van der Waals surface area contributed by atoms with Crippen molar-refractivity contribution < 1.29 is 21.3 Å². The predicted octanol–water partition coefficient (Wildman–Crippen LogP) is 3.16. The molecule has 1 N–H and O–H groups in total. The van der Waals surface area contributed by atoms with Crippen LogP contribution in [0.15, 0.2) is 67.5 Å². The summed E-state index contributed by atoms with van der Waals surface area (Å²) in [6.07, 6.45) is 0. The molecular formula is C15H9Cl2NO6S2. The normalized spacial score (nSPS) is 12.2. The molecule has 0 saturated heterocycles. The first-order valence-corrected chi connectivity index (χ1v) is 11.5. The van der Waals surface area contributed by atoms with Crippen LogP contribution in [0.25, 0.3) is 22.6 Å². The summed E-state index contributed by atoms with van der Waals surface area (Å²) in [5.74, 6) is -0.562. The van der Waals surface area contributed by atoms with Gasteiger partial charge in [-0.15, -0.1) is 0 Å². The maximum Gasteiger partial charge on any atom is 0.417 e. The molecule has 7 nitrogen and oxygen atoms in total. The monoisotopic (exact) mass is 433 g/mol. The molecule has 1 heterocycles. The topological polar surface area (TPSA) is 114 Å². The van der Waals surface area contributed by atoms with Crippen LogP contribution < -0.4 is 5.76 Å². The maximum atomic E-state index is 11.7. The molecule has 0 aliphatic carbocycles. The van der Waals surface area contributed by atoms with Crippen molar-refractivity contribution in [2.75, 3.05) is 0 Å². The van der Waals surface area contributed by atoms with Crippen LogP contribution >= 0.6 is 21.4 Å². The average Bonchev–Trinajstić information content (AvgIpc) is 2.95. The number of benzene rings is 2. The van der Waals surface area contributed by atoms with Crippen LogP contribution in [0.4, 0.5) is 0 Å². The quantitative estimate of drug-likeness (QED) is 0.631. The maximum absolute atomic E-state index is 11.7. The molecule has 1 aromatic heterocycles. The number of H-pyrrole nitrogens is 1. The molecule has 11 heteroatoms. The summed E-state index contributed by atoms with van der Waals surface area (Å²) in [5.41, 5.74) is 1.20. The van der Waals surface area contributed by atoms with E-state index < -0.39 is 23.9 Å². The van der Waals surface area contributed by atoms with E-state index in [9.17, 15) is 21.6 Å². The molecule has 0 amide bonds. The second kappa shape index (κ2) is 6.58. The first kappa shape index (κ1) is 18.7. The average molecular weight is 434 g/mol. The Morgan fingerprint density at radius 2 is 1.15 bits per heavy atom. The van der Waals surface area contributed by atoms with Crippen molar-refractivity contribution in [2.45, 2.75) is 9.79 Å². The van der Waals surface area contributed by atoms with Crippen molar-refractivity contribution in [1.82, 2.24) is 4.98 Å². The van der Waals surface area contributed by atoms with Gasteiger partial charge >= 0.3 is 5.76 Å². The van der Waals surface area contributed by atoms with Gasteiger partial charge in [-0.2, -0.15) is 0 Å². The van der Waals surface area contributed by atoms with Crippen molar-refractivity contribution in [3.8, 4) is 22.6 Å². The van der Waals surface area contributed by atoms with Crippen molar-refractivity contribution in [3.63, 3.8) is 0 Å². The van der Waals surface area contributed by atoms with Crippen LogP contribution in [-0.2, 0) is 18.1 Å². The minimum Gasteiger partial charge on any atom is -0.407 e. The Labute approximate surface area is 157 Å². The molecule has 3 rings (SSSR count). The van der Waals surface area contributed by atoms with E-state index in [1.165, 1.54) is 48.5 Å². The van der Waals surface area contributed by atoms with E-state index >= 15 is 0 Å².